The highest BCUT2D eigenvalue weighted by Crippen LogP contribution is 2.33. The second-order valence-electron chi connectivity index (χ2n) is 3.80. The van der Waals surface area contributed by atoms with Gasteiger partial charge in [-0.25, -0.2) is 4.39 Å². The van der Waals surface area contributed by atoms with Gasteiger partial charge in [0.1, 0.15) is 5.82 Å². The monoisotopic (exact) mass is 238 g/mol. The number of thiophene rings is 1. The Hall–Kier alpha value is -1.42. The first-order valence-electron chi connectivity index (χ1n) is 4.97. The number of halogens is 1. The molecule has 1 atom stereocenters. The van der Waals surface area contributed by atoms with Crippen LogP contribution in [0.3, 0.4) is 0 Å². The smallest absolute Gasteiger partial charge is 0.303 e. The lowest BCUT2D eigenvalue weighted by atomic mass is 10.1. The van der Waals surface area contributed by atoms with Crippen molar-refractivity contribution in [2.45, 2.75) is 19.3 Å². The average Bonchev–Trinajstić information content (AvgIpc) is 2.61. The second kappa shape index (κ2) is 4.22. The summed E-state index contributed by atoms with van der Waals surface area (Å²) < 4.78 is 14.3. The van der Waals surface area contributed by atoms with Gasteiger partial charge in [0.05, 0.1) is 6.42 Å². The predicted octanol–water partition coefficient (Wildman–Crippen LogP) is 3.62. The molecule has 0 saturated carbocycles. The SMILES string of the molecule is CC(CC(=O)O)c1cc2c(F)cccc2s1. The van der Waals surface area contributed by atoms with E-state index in [1.807, 2.05) is 13.0 Å². The fourth-order valence-electron chi connectivity index (χ4n) is 1.65. The Labute approximate surface area is 96.3 Å². The van der Waals surface area contributed by atoms with Gasteiger partial charge in [-0.05, 0) is 18.2 Å². The van der Waals surface area contributed by atoms with E-state index in [1.165, 1.54) is 17.4 Å². The minimum Gasteiger partial charge on any atom is -0.481 e. The Balaban J connectivity index is 2.39. The lowest BCUT2D eigenvalue weighted by molar-refractivity contribution is -0.137. The normalized spacial score (nSPS) is 12.9. The molecule has 4 heteroatoms. The molecule has 0 amide bonds. The number of hydrogen-bond donors (Lipinski definition) is 1. The highest BCUT2D eigenvalue weighted by atomic mass is 32.1. The number of benzene rings is 1. The molecule has 84 valence electrons. The van der Waals surface area contributed by atoms with Crippen LogP contribution in [0.5, 0.6) is 0 Å². The molecule has 2 aromatic rings. The fraction of sp³-hybridized carbons (Fsp3) is 0.250. The maximum absolute atomic E-state index is 13.4. The van der Waals surface area contributed by atoms with Crippen molar-refractivity contribution in [2.75, 3.05) is 0 Å². The summed E-state index contributed by atoms with van der Waals surface area (Å²) in [5.74, 6) is -1.15. The Kier molecular flexibility index (Phi) is 2.92. The van der Waals surface area contributed by atoms with Crippen LogP contribution in [-0.4, -0.2) is 11.1 Å². The van der Waals surface area contributed by atoms with Crippen molar-refractivity contribution in [2.24, 2.45) is 0 Å². The molecule has 0 bridgehead atoms. The van der Waals surface area contributed by atoms with Gasteiger partial charge >= 0.3 is 5.97 Å². The minimum absolute atomic E-state index is 0.0747. The van der Waals surface area contributed by atoms with Crippen LogP contribution in [0, 0.1) is 5.82 Å². The number of carboxylic acid groups (broad SMARTS) is 1. The minimum atomic E-state index is -0.828. The van der Waals surface area contributed by atoms with Crippen molar-refractivity contribution < 1.29 is 14.3 Å². The number of hydrogen-bond acceptors (Lipinski definition) is 2. The molecule has 0 spiro atoms. The van der Waals surface area contributed by atoms with Gasteiger partial charge in [0, 0.05) is 20.9 Å². The molecule has 0 radical (unpaired) electrons. The van der Waals surface area contributed by atoms with Crippen molar-refractivity contribution in [1.82, 2.24) is 0 Å². The molecule has 1 heterocycles. The highest BCUT2D eigenvalue weighted by molar-refractivity contribution is 7.19. The Bertz CT molecular complexity index is 533. The Morgan fingerprint density at radius 2 is 2.31 bits per heavy atom. The van der Waals surface area contributed by atoms with Crippen molar-refractivity contribution in [3.05, 3.63) is 35.0 Å². The van der Waals surface area contributed by atoms with E-state index >= 15 is 0 Å². The molecule has 1 N–H and O–H groups in total. The van der Waals surface area contributed by atoms with Crippen LogP contribution in [0.4, 0.5) is 4.39 Å². The Morgan fingerprint density at radius 3 is 2.94 bits per heavy atom. The first-order valence-corrected chi connectivity index (χ1v) is 5.79. The van der Waals surface area contributed by atoms with E-state index in [-0.39, 0.29) is 18.2 Å². The summed E-state index contributed by atoms with van der Waals surface area (Å²) in [7, 11) is 0. The van der Waals surface area contributed by atoms with Crippen LogP contribution in [0.2, 0.25) is 0 Å². The highest BCUT2D eigenvalue weighted by Gasteiger charge is 2.14. The summed E-state index contributed by atoms with van der Waals surface area (Å²) >= 11 is 1.46. The second-order valence-corrected chi connectivity index (χ2v) is 4.91. The zero-order valence-electron chi connectivity index (χ0n) is 8.74. The van der Waals surface area contributed by atoms with Gasteiger partial charge in [-0.3, -0.25) is 4.79 Å². The van der Waals surface area contributed by atoms with Crippen LogP contribution >= 0.6 is 11.3 Å². The van der Waals surface area contributed by atoms with E-state index in [1.54, 1.807) is 12.1 Å². The molecule has 0 fully saturated rings. The van der Waals surface area contributed by atoms with Crippen LogP contribution in [0.25, 0.3) is 10.1 Å². The molecule has 0 aliphatic rings. The van der Waals surface area contributed by atoms with Crippen molar-refractivity contribution >= 4 is 27.4 Å². The molecule has 16 heavy (non-hydrogen) atoms. The standard InChI is InChI=1S/C12H11FO2S/c1-7(5-12(14)15)11-6-8-9(13)3-2-4-10(8)16-11/h2-4,6-7H,5H2,1H3,(H,14,15). The number of carboxylic acids is 1. The topological polar surface area (TPSA) is 37.3 Å². The summed E-state index contributed by atoms with van der Waals surface area (Å²) in [6.45, 7) is 1.84. The molecule has 1 aromatic carbocycles. The summed E-state index contributed by atoms with van der Waals surface area (Å²) in [6.07, 6.45) is 0.0778. The van der Waals surface area contributed by atoms with Crippen LogP contribution < -0.4 is 0 Å². The Morgan fingerprint density at radius 1 is 1.56 bits per heavy atom. The summed E-state index contributed by atoms with van der Waals surface area (Å²) in [4.78, 5) is 11.5. The maximum Gasteiger partial charge on any atom is 0.303 e. The first-order chi connectivity index (χ1) is 7.58. The fourth-order valence-corrected chi connectivity index (χ4v) is 2.78. The number of carbonyl (C=O) groups is 1. The van der Waals surface area contributed by atoms with Gasteiger partial charge < -0.3 is 5.11 Å². The number of rotatable bonds is 3. The van der Waals surface area contributed by atoms with Gasteiger partial charge in [0.15, 0.2) is 0 Å². The lowest BCUT2D eigenvalue weighted by Gasteiger charge is -2.03. The summed E-state index contributed by atoms with van der Waals surface area (Å²) in [6, 6.07) is 6.68. The molecule has 1 unspecified atom stereocenters. The van der Waals surface area contributed by atoms with E-state index < -0.39 is 5.97 Å². The third-order valence-electron chi connectivity index (χ3n) is 2.49. The third-order valence-corrected chi connectivity index (χ3v) is 3.83. The van der Waals surface area contributed by atoms with E-state index in [4.69, 9.17) is 5.11 Å². The molecule has 2 nitrogen and oxygen atoms in total. The van der Waals surface area contributed by atoms with E-state index in [0.29, 0.717) is 5.39 Å². The number of fused-ring (bicyclic) bond motifs is 1. The lowest BCUT2D eigenvalue weighted by Crippen LogP contribution is -2.00. The van der Waals surface area contributed by atoms with Gasteiger partial charge in [-0.2, -0.15) is 0 Å². The van der Waals surface area contributed by atoms with Gasteiger partial charge in [0.2, 0.25) is 0 Å². The molecular weight excluding hydrogens is 227 g/mol. The van der Waals surface area contributed by atoms with E-state index in [2.05, 4.69) is 0 Å². The summed E-state index contributed by atoms with van der Waals surface area (Å²) in [5, 5.41) is 9.29. The molecule has 1 aromatic heterocycles. The van der Waals surface area contributed by atoms with Crippen LogP contribution in [-0.2, 0) is 4.79 Å². The van der Waals surface area contributed by atoms with Crippen LogP contribution in [0.15, 0.2) is 24.3 Å². The number of aliphatic carboxylic acids is 1. The molecule has 0 saturated heterocycles. The third kappa shape index (κ3) is 2.07. The molecule has 0 aliphatic heterocycles. The van der Waals surface area contributed by atoms with Crippen molar-refractivity contribution in [3.8, 4) is 0 Å². The molecular formula is C12H11FO2S. The van der Waals surface area contributed by atoms with Gasteiger partial charge in [-0.15, -0.1) is 11.3 Å². The van der Waals surface area contributed by atoms with Crippen molar-refractivity contribution in [3.63, 3.8) is 0 Å². The first kappa shape index (κ1) is 11.1. The zero-order chi connectivity index (χ0) is 11.7. The average molecular weight is 238 g/mol. The molecule has 0 aliphatic carbocycles. The molecule has 2 rings (SSSR count). The quantitative estimate of drug-likeness (QED) is 0.886. The largest absolute Gasteiger partial charge is 0.481 e. The van der Waals surface area contributed by atoms with E-state index in [0.717, 1.165) is 9.58 Å². The summed E-state index contributed by atoms with van der Waals surface area (Å²) in [5.41, 5.74) is 0. The zero-order valence-corrected chi connectivity index (χ0v) is 9.55. The predicted molar refractivity (Wildman–Crippen MR) is 62.5 cm³/mol. The van der Waals surface area contributed by atoms with Gasteiger partial charge in [0.25, 0.3) is 0 Å². The van der Waals surface area contributed by atoms with E-state index in [9.17, 15) is 9.18 Å². The van der Waals surface area contributed by atoms with Gasteiger partial charge in [-0.1, -0.05) is 13.0 Å². The van der Waals surface area contributed by atoms with Crippen molar-refractivity contribution in [1.29, 1.82) is 0 Å². The maximum atomic E-state index is 13.4. The van der Waals surface area contributed by atoms with Crippen LogP contribution in [0.1, 0.15) is 24.1 Å².